The Morgan fingerprint density at radius 1 is 1.35 bits per heavy atom. The average Bonchev–Trinajstić information content (AvgIpc) is 2.76. The van der Waals surface area contributed by atoms with E-state index < -0.39 is 0 Å². The van der Waals surface area contributed by atoms with Gasteiger partial charge in [-0.25, -0.2) is 4.98 Å². The molecule has 92 valence electrons. The van der Waals surface area contributed by atoms with E-state index in [4.69, 9.17) is 0 Å². The largest absolute Gasteiger partial charge is 0.341 e. The number of H-pyrrole nitrogens is 1. The number of aromatic amines is 1. The van der Waals surface area contributed by atoms with Crippen LogP contribution in [0.25, 0.3) is 11.0 Å². The van der Waals surface area contributed by atoms with Gasteiger partial charge in [0.1, 0.15) is 5.82 Å². The maximum Gasteiger partial charge on any atom is 0.121 e. The van der Waals surface area contributed by atoms with Crippen LogP contribution < -0.4 is 5.32 Å². The summed E-state index contributed by atoms with van der Waals surface area (Å²) >= 11 is 0. The van der Waals surface area contributed by atoms with Gasteiger partial charge in [0.15, 0.2) is 0 Å². The van der Waals surface area contributed by atoms with Crippen LogP contribution in [0.3, 0.4) is 0 Å². The van der Waals surface area contributed by atoms with Crippen molar-refractivity contribution in [3.63, 3.8) is 0 Å². The van der Waals surface area contributed by atoms with E-state index in [9.17, 15) is 0 Å². The summed E-state index contributed by atoms with van der Waals surface area (Å²) in [6.45, 7) is 6.42. The van der Waals surface area contributed by atoms with Gasteiger partial charge in [-0.05, 0) is 31.0 Å². The Balaban J connectivity index is 1.83. The number of rotatable bonds is 6. The third-order valence-electron chi connectivity index (χ3n) is 3.24. The standard InChI is InChI=1S/C14H21N3/c1-3-11(2)8-9-15-10-14-16-12-6-4-5-7-13(12)17-14/h4-7,11,15H,3,8-10H2,1-2H3,(H,16,17). The predicted molar refractivity (Wildman–Crippen MR) is 71.9 cm³/mol. The number of fused-ring (bicyclic) bond motifs is 1. The van der Waals surface area contributed by atoms with Gasteiger partial charge in [-0.3, -0.25) is 0 Å². The van der Waals surface area contributed by atoms with Crippen molar-refractivity contribution in [1.29, 1.82) is 0 Å². The Kier molecular flexibility index (Phi) is 4.15. The molecule has 0 radical (unpaired) electrons. The summed E-state index contributed by atoms with van der Waals surface area (Å²) in [6.07, 6.45) is 2.49. The van der Waals surface area contributed by atoms with Crippen LogP contribution in [-0.4, -0.2) is 16.5 Å². The fraction of sp³-hybridized carbons (Fsp3) is 0.500. The van der Waals surface area contributed by atoms with Gasteiger partial charge in [0.25, 0.3) is 0 Å². The van der Waals surface area contributed by atoms with Crippen molar-refractivity contribution in [3.8, 4) is 0 Å². The second kappa shape index (κ2) is 5.82. The minimum absolute atomic E-state index is 0.804. The minimum Gasteiger partial charge on any atom is -0.341 e. The zero-order chi connectivity index (χ0) is 12.1. The lowest BCUT2D eigenvalue weighted by atomic mass is 10.1. The number of hydrogen-bond donors (Lipinski definition) is 2. The number of aromatic nitrogens is 2. The second-order valence-corrected chi connectivity index (χ2v) is 4.68. The van der Waals surface area contributed by atoms with E-state index >= 15 is 0 Å². The van der Waals surface area contributed by atoms with E-state index in [0.717, 1.165) is 35.9 Å². The highest BCUT2D eigenvalue weighted by Crippen LogP contribution is 2.10. The molecular formula is C14H21N3. The van der Waals surface area contributed by atoms with Gasteiger partial charge >= 0.3 is 0 Å². The molecule has 0 amide bonds. The first-order valence-corrected chi connectivity index (χ1v) is 6.44. The summed E-state index contributed by atoms with van der Waals surface area (Å²) in [6, 6.07) is 8.14. The summed E-state index contributed by atoms with van der Waals surface area (Å²) in [5.41, 5.74) is 2.16. The lowest BCUT2D eigenvalue weighted by molar-refractivity contribution is 0.485. The molecule has 0 saturated heterocycles. The first-order valence-electron chi connectivity index (χ1n) is 6.44. The molecule has 1 aromatic carbocycles. The maximum atomic E-state index is 4.53. The van der Waals surface area contributed by atoms with Gasteiger partial charge in [0.05, 0.1) is 17.6 Å². The van der Waals surface area contributed by atoms with Gasteiger partial charge in [-0.1, -0.05) is 32.4 Å². The van der Waals surface area contributed by atoms with E-state index in [-0.39, 0.29) is 0 Å². The van der Waals surface area contributed by atoms with E-state index in [2.05, 4.69) is 35.2 Å². The van der Waals surface area contributed by atoms with E-state index in [1.807, 2.05) is 18.2 Å². The summed E-state index contributed by atoms with van der Waals surface area (Å²) in [7, 11) is 0. The van der Waals surface area contributed by atoms with Gasteiger partial charge in [0.2, 0.25) is 0 Å². The lowest BCUT2D eigenvalue weighted by Gasteiger charge is -2.07. The third-order valence-corrected chi connectivity index (χ3v) is 3.24. The van der Waals surface area contributed by atoms with Crippen LogP contribution in [0.4, 0.5) is 0 Å². The van der Waals surface area contributed by atoms with Crippen LogP contribution in [0.2, 0.25) is 0 Å². The summed E-state index contributed by atoms with van der Waals surface area (Å²) in [5.74, 6) is 1.83. The molecule has 0 spiro atoms. The molecule has 0 bridgehead atoms. The number of imidazole rings is 1. The molecule has 0 aliphatic rings. The molecule has 2 rings (SSSR count). The molecule has 1 unspecified atom stereocenters. The van der Waals surface area contributed by atoms with Gasteiger partial charge in [-0.15, -0.1) is 0 Å². The van der Waals surface area contributed by atoms with Crippen LogP contribution in [0.15, 0.2) is 24.3 Å². The molecular weight excluding hydrogens is 210 g/mol. The Morgan fingerprint density at radius 2 is 2.18 bits per heavy atom. The van der Waals surface area contributed by atoms with Gasteiger partial charge in [0, 0.05) is 0 Å². The highest BCUT2D eigenvalue weighted by atomic mass is 15.0. The Morgan fingerprint density at radius 3 is 2.94 bits per heavy atom. The molecule has 0 aliphatic carbocycles. The highest BCUT2D eigenvalue weighted by Gasteiger charge is 2.02. The molecule has 0 aliphatic heterocycles. The molecule has 17 heavy (non-hydrogen) atoms. The first kappa shape index (κ1) is 12.1. The number of hydrogen-bond acceptors (Lipinski definition) is 2. The van der Waals surface area contributed by atoms with Gasteiger partial charge < -0.3 is 10.3 Å². The lowest BCUT2D eigenvalue weighted by Crippen LogP contribution is -2.17. The molecule has 3 heteroatoms. The SMILES string of the molecule is CCC(C)CCNCc1nc2ccccc2[nH]1. The van der Waals surface area contributed by atoms with Crippen LogP contribution >= 0.6 is 0 Å². The zero-order valence-corrected chi connectivity index (χ0v) is 10.7. The highest BCUT2D eigenvalue weighted by molar-refractivity contribution is 5.74. The normalized spacial score (nSPS) is 13.1. The van der Waals surface area contributed by atoms with Crippen molar-refractivity contribution in [2.75, 3.05) is 6.54 Å². The Hall–Kier alpha value is -1.35. The monoisotopic (exact) mass is 231 g/mol. The Labute approximate surface area is 103 Å². The molecule has 3 nitrogen and oxygen atoms in total. The number of para-hydroxylation sites is 2. The fourth-order valence-electron chi connectivity index (χ4n) is 1.85. The fourth-order valence-corrected chi connectivity index (χ4v) is 1.85. The summed E-state index contributed by atoms with van der Waals surface area (Å²) in [5, 5.41) is 3.43. The molecule has 1 aromatic heterocycles. The van der Waals surface area contributed by atoms with Crippen LogP contribution in [0.5, 0.6) is 0 Å². The zero-order valence-electron chi connectivity index (χ0n) is 10.7. The van der Waals surface area contributed by atoms with Crippen molar-refractivity contribution in [2.45, 2.75) is 33.2 Å². The average molecular weight is 231 g/mol. The van der Waals surface area contributed by atoms with Crippen LogP contribution in [-0.2, 0) is 6.54 Å². The van der Waals surface area contributed by atoms with Crippen molar-refractivity contribution in [2.24, 2.45) is 5.92 Å². The third kappa shape index (κ3) is 3.30. The summed E-state index contributed by atoms with van der Waals surface area (Å²) < 4.78 is 0. The molecule has 2 N–H and O–H groups in total. The van der Waals surface area contributed by atoms with Crippen molar-refractivity contribution in [3.05, 3.63) is 30.1 Å². The van der Waals surface area contributed by atoms with Crippen molar-refractivity contribution >= 4 is 11.0 Å². The second-order valence-electron chi connectivity index (χ2n) is 4.68. The molecule has 0 saturated carbocycles. The van der Waals surface area contributed by atoms with Crippen LogP contribution in [0.1, 0.15) is 32.5 Å². The number of benzene rings is 1. The number of nitrogens with one attached hydrogen (secondary N) is 2. The summed E-state index contributed by atoms with van der Waals surface area (Å²) in [4.78, 5) is 7.86. The smallest absolute Gasteiger partial charge is 0.121 e. The molecule has 2 aromatic rings. The van der Waals surface area contributed by atoms with Gasteiger partial charge in [-0.2, -0.15) is 0 Å². The predicted octanol–water partition coefficient (Wildman–Crippen LogP) is 3.09. The number of nitrogens with zero attached hydrogens (tertiary/aromatic N) is 1. The van der Waals surface area contributed by atoms with E-state index in [1.165, 1.54) is 12.8 Å². The first-order chi connectivity index (χ1) is 8.29. The van der Waals surface area contributed by atoms with E-state index in [0.29, 0.717) is 0 Å². The molecule has 1 heterocycles. The van der Waals surface area contributed by atoms with Crippen molar-refractivity contribution < 1.29 is 0 Å². The van der Waals surface area contributed by atoms with E-state index in [1.54, 1.807) is 0 Å². The topological polar surface area (TPSA) is 40.7 Å². The van der Waals surface area contributed by atoms with Crippen LogP contribution in [0, 0.1) is 5.92 Å². The Bertz CT molecular complexity index is 428. The maximum absolute atomic E-state index is 4.53. The molecule has 0 fully saturated rings. The molecule has 1 atom stereocenters. The minimum atomic E-state index is 0.804. The van der Waals surface area contributed by atoms with Crippen molar-refractivity contribution in [1.82, 2.24) is 15.3 Å². The quantitative estimate of drug-likeness (QED) is 0.750.